The number of benzene rings is 1. The molecule has 110 valence electrons. The summed E-state index contributed by atoms with van der Waals surface area (Å²) in [5.41, 5.74) is 0.823. The molecule has 2 N–H and O–H groups in total. The highest BCUT2D eigenvalue weighted by molar-refractivity contribution is 5.92. The van der Waals surface area contributed by atoms with E-state index in [2.05, 4.69) is 17.6 Å². The van der Waals surface area contributed by atoms with Crippen LogP contribution in [0.4, 0.5) is 5.69 Å². The van der Waals surface area contributed by atoms with Crippen LogP contribution in [0.2, 0.25) is 0 Å². The van der Waals surface area contributed by atoms with Crippen molar-refractivity contribution in [2.24, 2.45) is 11.8 Å². The van der Waals surface area contributed by atoms with Crippen LogP contribution < -0.4 is 15.4 Å². The third kappa shape index (κ3) is 4.23. The predicted octanol–water partition coefficient (Wildman–Crippen LogP) is 2.66. The molecule has 1 aromatic carbocycles. The molecule has 2 atom stereocenters. The number of amides is 1. The van der Waals surface area contributed by atoms with Gasteiger partial charge in [0.15, 0.2) is 0 Å². The quantitative estimate of drug-likeness (QED) is 0.889. The van der Waals surface area contributed by atoms with Crippen molar-refractivity contribution in [1.29, 1.82) is 0 Å². The third-order valence-electron chi connectivity index (χ3n) is 3.43. The molecule has 0 aliphatic carbocycles. The molecule has 1 saturated heterocycles. The zero-order valence-corrected chi connectivity index (χ0v) is 12.5. The van der Waals surface area contributed by atoms with Gasteiger partial charge in [0.1, 0.15) is 5.75 Å². The Kier molecular flexibility index (Phi) is 5.01. The highest BCUT2D eigenvalue weighted by Gasteiger charge is 2.24. The Bertz CT molecular complexity index is 442. The van der Waals surface area contributed by atoms with Crippen LogP contribution in [0.1, 0.15) is 27.2 Å². The van der Waals surface area contributed by atoms with Crippen molar-refractivity contribution in [2.45, 2.75) is 33.3 Å². The lowest BCUT2D eigenvalue weighted by molar-refractivity contribution is -0.120. The molecule has 20 heavy (non-hydrogen) atoms. The molecule has 1 heterocycles. The molecule has 0 saturated carbocycles. The number of ether oxygens (including phenoxy) is 1. The third-order valence-corrected chi connectivity index (χ3v) is 3.43. The number of nitrogens with one attached hydrogen (secondary N) is 2. The summed E-state index contributed by atoms with van der Waals surface area (Å²) >= 11 is 0. The van der Waals surface area contributed by atoms with E-state index in [1.165, 1.54) is 0 Å². The van der Waals surface area contributed by atoms with Gasteiger partial charge in [-0.3, -0.25) is 4.79 Å². The SMILES string of the molecule is CC1CNCC(C(=O)Nc2ccc(OC(C)C)cc2)C1. The minimum Gasteiger partial charge on any atom is -0.491 e. The van der Waals surface area contributed by atoms with Gasteiger partial charge in [-0.05, 0) is 57.0 Å². The second kappa shape index (κ2) is 6.75. The van der Waals surface area contributed by atoms with Crippen LogP contribution in [0.25, 0.3) is 0 Å². The van der Waals surface area contributed by atoms with Gasteiger partial charge >= 0.3 is 0 Å². The number of hydrogen-bond donors (Lipinski definition) is 2. The van der Waals surface area contributed by atoms with Gasteiger partial charge in [0.2, 0.25) is 5.91 Å². The van der Waals surface area contributed by atoms with E-state index in [1.807, 2.05) is 38.1 Å². The van der Waals surface area contributed by atoms with E-state index in [1.54, 1.807) is 0 Å². The van der Waals surface area contributed by atoms with E-state index in [-0.39, 0.29) is 17.9 Å². The van der Waals surface area contributed by atoms with Crippen LogP contribution in [0, 0.1) is 11.8 Å². The number of carbonyl (C=O) groups is 1. The van der Waals surface area contributed by atoms with Crippen molar-refractivity contribution >= 4 is 11.6 Å². The molecule has 1 aliphatic rings. The molecule has 1 aliphatic heterocycles. The van der Waals surface area contributed by atoms with Gasteiger partial charge in [0, 0.05) is 12.2 Å². The maximum atomic E-state index is 12.2. The lowest BCUT2D eigenvalue weighted by atomic mass is 9.91. The van der Waals surface area contributed by atoms with E-state index < -0.39 is 0 Å². The zero-order chi connectivity index (χ0) is 14.5. The molecule has 0 radical (unpaired) electrons. The maximum absolute atomic E-state index is 12.2. The van der Waals surface area contributed by atoms with Crippen molar-refractivity contribution in [2.75, 3.05) is 18.4 Å². The number of carbonyl (C=O) groups excluding carboxylic acids is 1. The first-order valence-electron chi connectivity index (χ1n) is 7.33. The van der Waals surface area contributed by atoms with Gasteiger partial charge < -0.3 is 15.4 Å². The highest BCUT2D eigenvalue weighted by atomic mass is 16.5. The first-order chi connectivity index (χ1) is 9.54. The van der Waals surface area contributed by atoms with E-state index in [0.29, 0.717) is 5.92 Å². The lowest BCUT2D eigenvalue weighted by Crippen LogP contribution is -2.40. The fourth-order valence-electron chi connectivity index (χ4n) is 2.49. The molecule has 2 rings (SSSR count). The Morgan fingerprint density at radius 3 is 2.60 bits per heavy atom. The summed E-state index contributed by atoms with van der Waals surface area (Å²) in [6.07, 6.45) is 1.11. The summed E-state index contributed by atoms with van der Waals surface area (Å²) in [5.74, 6) is 1.54. The molecule has 2 unspecified atom stereocenters. The molecule has 4 nitrogen and oxygen atoms in total. The molecule has 1 aromatic rings. The first-order valence-corrected chi connectivity index (χ1v) is 7.33. The van der Waals surface area contributed by atoms with Crippen molar-refractivity contribution < 1.29 is 9.53 Å². The Balaban J connectivity index is 1.90. The fourth-order valence-corrected chi connectivity index (χ4v) is 2.49. The van der Waals surface area contributed by atoms with Crippen molar-refractivity contribution in [1.82, 2.24) is 5.32 Å². The minimum absolute atomic E-state index is 0.0605. The Morgan fingerprint density at radius 2 is 2.00 bits per heavy atom. The average Bonchev–Trinajstić information content (AvgIpc) is 2.40. The van der Waals surface area contributed by atoms with Crippen LogP contribution in [-0.2, 0) is 4.79 Å². The number of rotatable bonds is 4. The van der Waals surface area contributed by atoms with Crippen LogP contribution in [0.5, 0.6) is 5.75 Å². The average molecular weight is 276 g/mol. The topological polar surface area (TPSA) is 50.4 Å². The highest BCUT2D eigenvalue weighted by Crippen LogP contribution is 2.20. The summed E-state index contributed by atoms with van der Waals surface area (Å²) in [5, 5.41) is 6.28. The number of piperidine rings is 1. The summed E-state index contributed by atoms with van der Waals surface area (Å²) in [4.78, 5) is 12.2. The molecule has 0 spiro atoms. The number of hydrogen-bond acceptors (Lipinski definition) is 3. The monoisotopic (exact) mass is 276 g/mol. The molecule has 1 amide bonds. The summed E-state index contributed by atoms with van der Waals surface area (Å²) in [6, 6.07) is 7.54. The minimum atomic E-state index is 0.0605. The zero-order valence-electron chi connectivity index (χ0n) is 12.5. The largest absolute Gasteiger partial charge is 0.491 e. The van der Waals surface area contributed by atoms with Crippen LogP contribution in [0.3, 0.4) is 0 Å². The lowest BCUT2D eigenvalue weighted by Gasteiger charge is -2.26. The normalized spacial score (nSPS) is 22.6. The number of anilines is 1. The predicted molar refractivity (Wildman–Crippen MR) is 81.0 cm³/mol. The smallest absolute Gasteiger partial charge is 0.228 e. The Labute approximate surface area is 120 Å². The summed E-state index contributed by atoms with van der Waals surface area (Å²) in [7, 11) is 0. The van der Waals surface area contributed by atoms with Crippen molar-refractivity contribution in [3.8, 4) is 5.75 Å². The van der Waals surface area contributed by atoms with E-state index in [4.69, 9.17) is 4.74 Å². The van der Waals surface area contributed by atoms with Gasteiger partial charge in [-0.2, -0.15) is 0 Å². The van der Waals surface area contributed by atoms with Gasteiger partial charge in [0.05, 0.1) is 12.0 Å². The summed E-state index contributed by atoms with van der Waals surface area (Å²) < 4.78 is 5.58. The van der Waals surface area contributed by atoms with Crippen molar-refractivity contribution in [3.05, 3.63) is 24.3 Å². The molecular formula is C16H24N2O2. The fraction of sp³-hybridized carbons (Fsp3) is 0.562. The Hall–Kier alpha value is -1.55. The van der Waals surface area contributed by atoms with Crippen LogP contribution >= 0.6 is 0 Å². The molecule has 0 aromatic heterocycles. The van der Waals surface area contributed by atoms with E-state index in [9.17, 15) is 4.79 Å². The van der Waals surface area contributed by atoms with Crippen LogP contribution in [-0.4, -0.2) is 25.1 Å². The molecule has 4 heteroatoms. The second-order valence-corrected chi connectivity index (χ2v) is 5.88. The Morgan fingerprint density at radius 1 is 1.30 bits per heavy atom. The van der Waals surface area contributed by atoms with Gasteiger partial charge in [-0.15, -0.1) is 0 Å². The van der Waals surface area contributed by atoms with Crippen LogP contribution in [0.15, 0.2) is 24.3 Å². The second-order valence-electron chi connectivity index (χ2n) is 5.88. The van der Waals surface area contributed by atoms with E-state index in [0.717, 1.165) is 30.9 Å². The first kappa shape index (κ1) is 14.9. The van der Waals surface area contributed by atoms with Gasteiger partial charge in [0.25, 0.3) is 0 Å². The molecular weight excluding hydrogens is 252 g/mol. The molecule has 1 fully saturated rings. The molecule has 0 bridgehead atoms. The van der Waals surface area contributed by atoms with Gasteiger partial charge in [-0.25, -0.2) is 0 Å². The maximum Gasteiger partial charge on any atom is 0.228 e. The summed E-state index contributed by atoms with van der Waals surface area (Å²) in [6.45, 7) is 7.93. The van der Waals surface area contributed by atoms with E-state index >= 15 is 0 Å². The standard InChI is InChI=1S/C16H24N2O2/c1-11(2)20-15-6-4-14(5-7-15)18-16(19)13-8-12(3)9-17-10-13/h4-7,11-13,17H,8-10H2,1-3H3,(H,18,19). The van der Waals surface area contributed by atoms with Gasteiger partial charge in [-0.1, -0.05) is 6.92 Å². The van der Waals surface area contributed by atoms with Crippen molar-refractivity contribution in [3.63, 3.8) is 0 Å².